The summed E-state index contributed by atoms with van der Waals surface area (Å²) < 4.78 is 51.6. The van der Waals surface area contributed by atoms with Gasteiger partial charge in [-0.05, 0) is 44.5 Å². The second-order valence-electron chi connectivity index (χ2n) is 6.73. The molecule has 2 rings (SSSR count). The highest BCUT2D eigenvalue weighted by atomic mass is 32.2. The van der Waals surface area contributed by atoms with Crippen molar-refractivity contribution >= 4 is 31.5 Å². The summed E-state index contributed by atoms with van der Waals surface area (Å²) in [5, 5.41) is -3.88. The van der Waals surface area contributed by atoms with E-state index < -0.39 is 48.4 Å². The summed E-state index contributed by atoms with van der Waals surface area (Å²) in [6.07, 6.45) is -0.878. The third-order valence-corrected chi connectivity index (χ3v) is 8.72. The second-order valence-corrected chi connectivity index (χ2v) is 11.0. The molecular weight excluding hydrogens is 416 g/mol. The molecule has 2 aromatic rings. The number of hydrogen-bond donors (Lipinski definition) is 2. The predicted octanol–water partition coefficient (Wildman–Crippen LogP) is 0.649. The van der Waals surface area contributed by atoms with Gasteiger partial charge in [-0.1, -0.05) is 35.4 Å². The quantitative estimate of drug-likeness (QED) is 0.616. The molecule has 4 N–H and O–H groups in total. The smallest absolute Gasteiger partial charge is 0.236 e. The Morgan fingerprint density at radius 1 is 0.690 bits per heavy atom. The molecule has 156 valence electrons. The largest absolute Gasteiger partial charge is 0.369 e. The molecule has 0 bridgehead atoms. The molecular formula is C19H22N2O6S2. The summed E-state index contributed by atoms with van der Waals surface area (Å²) in [6.45, 7) is 3.50. The first-order valence-corrected chi connectivity index (χ1v) is 11.7. The highest BCUT2D eigenvalue weighted by Crippen LogP contribution is 2.25. The lowest BCUT2D eigenvalue weighted by atomic mass is 10.2. The number of aryl methyl sites for hydroxylation is 2. The zero-order valence-corrected chi connectivity index (χ0v) is 17.5. The molecule has 0 heterocycles. The molecule has 0 spiro atoms. The van der Waals surface area contributed by atoms with Gasteiger partial charge in [-0.25, -0.2) is 16.8 Å². The van der Waals surface area contributed by atoms with E-state index in [0.717, 1.165) is 11.1 Å². The molecule has 0 aliphatic rings. The molecule has 2 unspecified atom stereocenters. The summed E-state index contributed by atoms with van der Waals surface area (Å²) in [6, 6.07) is 11.3. The Labute approximate surface area is 169 Å². The zero-order chi connectivity index (χ0) is 22.0. The highest BCUT2D eigenvalue weighted by Gasteiger charge is 2.41. The van der Waals surface area contributed by atoms with E-state index in [2.05, 4.69) is 0 Å². The summed E-state index contributed by atoms with van der Waals surface area (Å²) in [7, 11) is -8.68. The molecule has 0 radical (unpaired) electrons. The Balaban J connectivity index is 2.50. The fraction of sp³-hybridized carbons (Fsp3) is 0.263. The van der Waals surface area contributed by atoms with E-state index >= 15 is 0 Å². The highest BCUT2D eigenvalue weighted by molar-refractivity contribution is 7.93. The first-order chi connectivity index (χ1) is 13.4. The van der Waals surface area contributed by atoms with E-state index in [1.807, 2.05) is 0 Å². The number of sulfone groups is 2. The lowest BCUT2D eigenvalue weighted by Crippen LogP contribution is -2.45. The second kappa shape index (κ2) is 8.34. The van der Waals surface area contributed by atoms with Gasteiger partial charge >= 0.3 is 0 Å². The summed E-state index contributed by atoms with van der Waals surface area (Å²) >= 11 is 0. The van der Waals surface area contributed by atoms with Crippen LogP contribution in [0.4, 0.5) is 0 Å². The van der Waals surface area contributed by atoms with Crippen molar-refractivity contribution in [3.05, 3.63) is 59.7 Å². The molecule has 0 aliphatic heterocycles. The van der Waals surface area contributed by atoms with Gasteiger partial charge in [-0.2, -0.15) is 0 Å². The minimum atomic E-state index is -4.34. The number of rotatable bonds is 8. The van der Waals surface area contributed by atoms with Crippen molar-refractivity contribution in [3.63, 3.8) is 0 Å². The van der Waals surface area contributed by atoms with Crippen molar-refractivity contribution in [2.24, 2.45) is 11.5 Å². The van der Waals surface area contributed by atoms with Crippen molar-refractivity contribution in [2.75, 3.05) is 0 Å². The first kappa shape index (κ1) is 22.6. The Kier molecular flexibility index (Phi) is 6.49. The van der Waals surface area contributed by atoms with Crippen molar-refractivity contribution in [1.82, 2.24) is 0 Å². The summed E-state index contributed by atoms with van der Waals surface area (Å²) in [4.78, 5) is 23.5. The van der Waals surface area contributed by atoms with Crippen LogP contribution in [0.5, 0.6) is 0 Å². The van der Waals surface area contributed by atoms with E-state index in [4.69, 9.17) is 11.5 Å². The van der Waals surface area contributed by atoms with Gasteiger partial charge in [0.05, 0.1) is 9.79 Å². The van der Waals surface area contributed by atoms with Crippen molar-refractivity contribution in [2.45, 2.75) is 40.6 Å². The van der Waals surface area contributed by atoms with Crippen LogP contribution in [0.2, 0.25) is 0 Å². The van der Waals surface area contributed by atoms with Gasteiger partial charge in [-0.15, -0.1) is 0 Å². The van der Waals surface area contributed by atoms with Crippen molar-refractivity contribution < 1.29 is 26.4 Å². The third kappa shape index (κ3) is 4.83. The average Bonchev–Trinajstić information content (AvgIpc) is 2.61. The van der Waals surface area contributed by atoms with Gasteiger partial charge in [0.15, 0.2) is 19.7 Å². The molecule has 0 aromatic heterocycles. The average molecular weight is 439 g/mol. The molecule has 8 nitrogen and oxygen atoms in total. The normalized spacial score (nSPS) is 14.1. The van der Waals surface area contributed by atoms with Gasteiger partial charge in [0.1, 0.15) is 10.5 Å². The van der Waals surface area contributed by atoms with Crippen LogP contribution in [0.1, 0.15) is 17.5 Å². The predicted molar refractivity (Wildman–Crippen MR) is 107 cm³/mol. The lowest BCUT2D eigenvalue weighted by Gasteiger charge is -2.20. The lowest BCUT2D eigenvalue weighted by molar-refractivity contribution is -0.118. The Morgan fingerprint density at radius 2 is 0.966 bits per heavy atom. The number of nitrogens with two attached hydrogens (primary N) is 2. The molecule has 0 aliphatic carbocycles. The maximum atomic E-state index is 12.9. The fourth-order valence-corrected chi connectivity index (χ4v) is 6.08. The fourth-order valence-electron chi connectivity index (χ4n) is 2.77. The topological polar surface area (TPSA) is 154 Å². The van der Waals surface area contributed by atoms with Crippen LogP contribution in [0.25, 0.3) is 0 Å². The van der Waals surface area contributed by atoms with Crippen LogP contribution in [-0.2, 0) is 29.3 Å². The molecule has 0 saturated heterocycles. The molecule has 2 amide bonds. The molecule has 0 fully saturated rings. The van der Waals surface area contributed by atoms with E-state index in [0.29, 0.717) is 0 Å². The zero-order valence-electron chi connectivity index (χ0n) is 15.9. The number of carbonyl (C=O) groups is 2. The van der Waals surface area contributed by atoms with Gasteiger partial charge < -0.3 is 11.5 Å². The Hall–Kier alpha value is -2.72. The van der Waals surface area contributed by atoms with Gasteiger partial charge in [0, 0.05) is 0 Å². The minimum absolute atomic E-state index is 0.206. The first-order valence-electron chi connectivity index (χ1n) is 8.57. The Bertz CT molecular complexity index is 1030. The molecule has 2 atom stereocenters. The van der Waals surface area contributed by atoms with Crippen molar-refractivity contribution in [1.29, 1.82) is 0 Å². The number of carbonyl (C=O) groups excluding carboxylic acids is 2. The maximum absolute atomic E-state index is 12.9. The maximum Gasteiger partial charge on any atom is 0.236 e. The van der Waals surface area contributed by atoms with Crippen LogP contribution in [0.3, 0.4) is 0 Å². The molecule has 29 heavy (non-hydrogen) atoms. The molecule has 10 heteroatoms. The minimum Gasteiger partial charge on any atom is -0.369 e. The van der Waals surface area contributed by atoms with Gasteiger partial charge in [-0.3, -0.25) is 9.59 Å². The van der Waals surface area contributed by atoms with Gasteiger partial charge in [0.2, 0.25) is 11.8 Å². The standard InChI is InChI=1S/C19H22N2O6S2/c1-12-3-7-14(8-4-12)28(24,25)16(18(20)22)11-17(19(21)23)29(26,27)15-9-5-13(2)6-10-15/h3-10,16-17H,11H2,1-2H3,(H2,20,22)(H2,21,23). The molecule has 0 saturated carbocycles. The van der Waals surface area contributed by atoms with Crippen LogP contribution in [0, 0.1) is 13.8 Å². The number of primary amides is 2. The monoisotopic (exact) mass is 438 g/mol. The Morgan fingerprint density at radius 3 is 1.21 bits per heavy atom. The van der Waals surface area contributed by atoms with E-state index in [9.17, 15) is 26.4 Å². The van der Waals surface area contributed by atoms with Crippen LogP contribution >= 0.6 is 0 Å². The summed E-state index contributed by atoms with van der Waals surface area (Å²) in [5.41, 5.74) is 12.1. The van der Waals surface area contributed by atoms with E-state index in [1.165, 1.54) is 48.5 Å². The number of amides is 2. The van der Waals surface area contributed by atoms with Crippen molar-refractivity contribution in [3.8, 4) is 0 Å². The SMILES string of the molecule is Cc1ccc(S(=O)(=O)C(CC(C(N)=O)S(=O)(=O)c2ccc(C)cc2)C(N)=O)cc1. The van der Waals surface area contributed by atoms with E-state index in [1.54, 1.807) is 13.8 Å². The van der Waals surface area contributed by atoms with Crippen LogP contribution in [0.15, 0.2) is 58.3 Å². The number of benzene rings is 2. The molecule has 2 aromatic carbocycles. The van der Waals surface area contributed by atoms with E-state index in [-0.39, 0.29) is 9.79 Å². The van der Waals surface area contributed by atoms with Crippen LogP contribution in [-0.4, -0.2) is 39.1 Å². The third-order valence-electron chi connectivity index (χ3n) is 4.51. The summed E-state index contributed by atoms with van der Waals surface area (Å²) in [5.74, 6) is -2.54. The van der Waals surface area contributed by atoms with Crippen LogP contribution < -0.4 is 11.5 Å². The van der Waals surface area contributed by atoms with Gasteiger partial charge in [0.25, 0.3) is 0 Å². The number of hydrogen-bond acceptors (Lipinski definition) is 6.